The fourth-order valence-electron chi connectivity index (χ4n) is 3.34. The summed E-state index contributed by atoms with van der Waals surface area (Å²) in [6.45, 7) is 10.8. The third-order valence-electron chi connectivity index (χ3n) is 4.66. The van der Waals surface area contributed by atoms with Crippen LogP contribution in [0.2, 0.25) is 0 Å². The van der Waals surface area contributed by atoms with Crippen LogP contribution < -0.4 is 0 Å². The molecule has 1 saturated carbocycles. The Hall–Kier alpha value is -0.330. The van der Waals surface area contributed by atoms with E-state index in [-0.39, 0.29) is 5.92 Å². The summed E-state index contributed by atoms with van der Waals surface area (Å²) < 4.78 is 0. The Bertz CT molecular complexity index is 221. The van der Waals surface area contributed by atoms with Gasteiger partial charge in [-0.3, -0.25) is 4.79 Å². The molecule has 5 atom stereocenters. The van der Waals surface area contributed by atoms with E-state index in [2.05, 4.69) is 27.7 Å². The second kappa shape index (κ2) is 5.14. The summed E-state index contributed by atoms with van der Waals surface area (Å²) in [7, 11) is 0. The van der Waals surface area contributed by atoms with Gasteiger partial charge in [0.2, 0.25) is 0 Å². The van der Waals surface area contributed by atoms with Crippen LogP contribution in [0.5, 0.6) is 0 Å². The van der Waals surface area contributed by atoms with Crippen molar-refractivity contribution in [1.29, 1.82) is 0 Å². The minimum atomic E-state index is 0.265. The first-order valence-electron chi connectivity index (χ1n) is 6.47. The van der Waals surface area contributed by atoms with Crippen LogP contribution in [-0.4, -0.2) is 5.78 Å². The van der Waals surface area contributed by atoms with Crippen molar-refractivity contribution in [2.45, 2.75) is 53.9 Å². The Morgan fingerprint density at radius 1 is 1.27 bits per heavy atom. The maximum Gasteiger partial charge on any atom is 0.132 e. The third kappa shape index (κ3) is 2.83. The highest BCUT2D eigenvalue weighted by molar-refractivity contribution is 5.78. The van der Waals surface area contributed by atoms with Crippen molar-refractivity contribution in [3.63, 3.8) is 0 Å². The number of hydrogen-bond acceptors (Lipinski definition) is 1. The predicted octanol–water partition coefficient (Wildman–Crippen LogP) is 3.92. The average Bonchev–Trinajstić information content (AvgIpc) is 2.17. The zero-order valence-electron chi connectivity index (χ0n) is 10.9. The van der Waals surface area contributed by atoms with Crippen LogP contribution in [-0.2, 0) is 4.79 Å². The molecule has 1 heteroatoms. The average molecular weight is 210 g/mol. The van der Waals surface area contributed by atoms with Crippen molar-refractivity contribution >= 4 is 5.78 Å². The minimum Gasteiger partial charge on any atom is -0.300 e. The molecule has 0 bridgehead atoms. The fourth-order valence-corrected chi connectivity index (χ4v) is 3.34. The molecule has 88 valence electrons. The van der Waals surface area contributed by atoms with E-state index in [9.17, 15) is 4.79 Å². The maximum absolute atomic E-state index is 11.5. The SMILES string of the molecule is CC[C@H]1C[C@@H]([C@H](C)C(C)=O)[C@@H](C)C[C@H]1C. The number of rotatable bonds is 3. The molecule has 0 aliphatic heterocycles. The molecule has 1 aliphatic rings. The Morgan fingerprint density at radius 2 is 1.87 bits per heavy atom. The van der Waals surface area contributed by atoms with E-state index in [1.54, 1.807) is 6.92 Å². The molecule has 0 heterocycles. The van der Waals surface area contributed by atoms with E-state index in [0.717, 1.165) is 17.8 Å². The van der Waals surface area contributed by atoms with Crippen molar-refractivity contribution in [2.75, 3.05) is 0 Å². The molecule has 0 N–H and O–H groups in total. The number of ketones is 1. The fraction of sp³-hybridized carbons (Fsp3) is 0.929. The Balaban J connectivity index is 2.68. The molecule has 0 spiro atoms. The van der Waals surface area contributed by atoms with E-state index < -0.39 is 0 Å². The largest absolute Gasteiger partial charge is 0.300 e. The molecule has 1 aliphatic carbocycles. The molecule has 0 amide bonds. The standard InChI is InChI=1S/C14H26O/c1-6-13-8-14(11(4)12(5)15)10(3)7-9(13)2/h9-11,13-14H,6-8H2,1-5H3/t9-,10+,11-,13+,14-/m1/s1. The van der Waals surface area contributed by atoms with Crippen LogP contribution in [0.3, 0.4) is 0 Å². The van der Waals surface area contributed by atoms with E-state index in [1.165, 1.54) is 19.3 Å². The quantitative estimate of drug-likeness (QED) is 0.690. The highest BCUT2D eigenvalue weighted by Gasteiger charge is 2.35. The predicted molar refractivity (Wildman–Crippen MR) is 64.7 cm³/mol. The molecule has 0 aromatic carbocycles. The Morgan fingerprint density at radius 3 is 2.33 bits per heavy atom. The Labute approximate surface area is 94.6 Å². The van der Waals surface area contributed by atoms with Crippen LogP contribution in [0, 0.1) is 29.6 Å². The van der Waals surface area contributed by atoms with Crippen LogP contribution in [0.25, 0.3) is 0 Å². The topological polar surface area (TPSA) is 17.1 Å². The second-order valence-electron chi connectivity index (χ2n) is 5.66. The summed E-state index contributed by atoms with van der Waals surface area (Å²) >= 11 is 0. The Kier molecular flexibility index (Phi) is 4.36. The highest BCUT2D eigenvalue weighted by Crippen LogP contribution is 2.42. The van der Waals surface area contributed by atoms with Gasteiger partial charge in [0, 0.05) is 5.92 Å². The van der Waals surface area contributed by atoms with Gasteiger partial charge in [-0.2, -0.15) is 0 Å². The smallest absolute Gasteiger partial charge is 0.132 e. The molecule has 1 nitrogen and oxygen atoms in total. The van der Waals surface area contributed by atoms with Crippen molar-refractivity contribution in [2.24, 2.45) is 29.6 Å². The highest BCUT2D eigenvalue weighted by atomic mass is 16.1. The first kappa shape index (κ1) is 12.7. The molecular formula is C14H26O. The number of Topliss-reactive ketones (excluding diaryl/α,β-unsaturated/α-hetero) is 1. The molecule has 1 fully saturated rings. The molecule has 0 unspecified atom stereocenters. The number of carbonyl (C=O) groups excluding carboxylic acids is 1. The molecule has 0 saturated heterocycles. The zero-order valence-corrected chi connectivity index (χ0v) is 10.9. The van der Waals surface area contributed by atoms with E-state index >= 15 is 0 Å². The molecule has 15 heavy (non-hydrogen) atoms. The lowest BCUT2D eigenvalue weighted by Crippen LogP contribution is -2.34. The van der Waals surface area contributed by atoms with E-state index in [4.69, 9.17) is 0 Å². The molecule has 1 rings (SSSR count). The van der Waals surface area contributed by atoms with Crippen molar-refractivity contribution in [3.8, 4) is 0 Å². The summed E-state index contributed by atoms with van der Waals surface area (Å²) in [6, 6.07) is 0. The van der Waals surface area contributed by atoms with Gasteiger partial charge in [-0.1, -0.05) is 34.1 Å². The van der Waals surface area contributed by atoms with Gasteiger partial charge in [-0.05, 0) is 43.4 Å². The van der Waals surface area contributed by atoms with Gasteiger partial charge in [0.1, 0.15) is 5.78 Å². The lowest BCUT2D eigenvalue weighted by molar-refractivity contribution is -0.123. The minimum absolute atomic E-state index is 0.265. The van der Waals surface area contributed by atoms with Gasteiger partial charge in [-0.15, -0.1) is 0 Å². The van der Waals surface area contributed by atoms with Gasteiger partial charge in [0.25, 0.3) is 0 Å². The van der Waals surface area contributed by atoms with Crippen molar-refractivity contribution < 1.29 is 4.79 Å². The molecule has 0 aromatic heterocycles. The summed E-state index contributed by atoms with van der Waals surface area (Å²) in [5.74, 6) is 3.68. The van der Waals surface area contributed by atoms with Gasteiger partial charge >= 0.3 is 0 Å². The van der Waals surface area contributed by atoms with Crippen LogP contribution >= 0.6 is 0 Å². The summed E-state index contributed by atoms with van der Waals surface area (Å²) in [4.78, 5) is 11.5. The van der Waals surface area contributed by atoms with Crippen molar-refractivity contribution in [3.05, 3.63) is 0 Å². The van der Waals surface area contributed by atoms with Crippen molar-refractivity contribution in [1.82, 2.24) is 0 Å². The monoisotopic (exact) mass is 210 g/mol. The first-order chi connectivity index (χ1) is 6.97. The van der Waals surface area contributed by atoms with Crippen LogP contribution in [0.4, 0.5) is 0 Å². The van der Waals surface area contributed by atoms with E-state index in [0.29, 0.717) is 11.7 Å². The summed E-state index contributed by atoms with van der Waals surface area (Å²) in [5.41, 5.74) is 0. The maximum atomic E-state index is 11.5. The van der Waals surface area contributed by atoms with Gasteiger partial charge in [-0.25, -0.2) is 0 Å². The summed E-state index contributed by atoms with van der Waals surface area (Å²) in [5, 5.41) is 0. The molecule has 0 radical (unpaired) electrons. The van der Waals surface area contributed by atoms with Gasteiger partial charge < -0.3 is 0 Å². The lowest BCUT2D eigenvalue weighted by Gasteiger charge is -2.40. The lowest BCUT2D eigenvalue weighted by atomic mass is 9.64. The molecular weight excluding hydrogens is 184 g/mol. The van der Waals surface area contributed by atoms with Crippen LogP contribution in [0.1, 0.15) is 53.9 Å². The number of carbonyl (C=O) groups is 1. The van der Waals surface area contributed by atoms with Crippen LogP contribution in [0.15, 0.2) is 0 Å². The third-order valence-corrected chi connectivity index (χ3v) is 4.66. The van der Waals surface area contributed by atoms with Gasteiger partial charge in [0.05, 0.1) is 0 Å². The first-order valence-corrected chi connectivity index (χ1v) is 6.47. The summed E-state index contributed by atoms with van der Waals surface area (Å²) in [6.07, 6.45) is 3.84. The number of hydrogen-bond donors (Lipinski definition) is 0. The molecule has 0 aromatic rings. The normalized spacial score (nSPS) is 38.7. The van der Waals surface area contributed by atoms with Gasteiger partial charge in [0.15, 0.2) is 0 Å². The zero-order chi connectivity index (χ0) is 11.6. The second-order valence-corrected chi connectivity index (χ2v) is 5.66. The van der Waals surface area contributed by atoms with E-state index in [1.807, 2.05) is 0 Å².